The van der Waals surface area contributed by atoms with E-state index >= 15 is 0 Å². The highest BCUT2D eigenvalue weighted by molar-refractivity contribution is 8.24. The van der Waals surface area contributed by atoms with Gasteiger partial charge in [0.1, 0.15) is 0 Å². The van der Waals surface area contributed by atoms with Crippen molar-refractivity contribution >= 4 is 36.9 Å². The van der Waals surface area contributed by atoms with Crippen molar-refractivity contribution in [2.24, 2.45) is 0 Å². The number of hydrogen-bond donors (Lipinski definition) is 4. The zero-order valence-corrected chi connectivity index (χ0v) is 20.7. The van der Waals surface area contributed by atoms with Crippen LogP contribution in [0.2, 0.25) is 0 Å². The van der Waals surface area contributed by atoms with Crippen LogP contribution in [0.4, 0.5) is 5.69 Å². The highest BCUT2D eigenvalue weighted by atomic mass is 32.3. The maximum Gasteiger partial charge on any atom is 0.289 e. The molecule has 0 aliphatic carbocycles. The number of nitro groups is 1. The minimum absolute atomic E-state index is 0.0938. The zero-order chi connectivity index (χ0) is 24.3. The Bertz CT molecular complexity index is 894. The quantitative estimate of drug-likeness (QED) is 0.273. The molecule has 1 aromatic carbocycles. The Balaban J connectivity index is 1.74. The summed E-state index contributed by atoms with van der Waals surface area (Å²) in [6.07, 6.45) is 0. The topological polar surface area (TPSA) is 168 Å². The zero-order valence-electron chi connectivity index (χ0n) is 18.2. The lowest BCUT2D eigenvalue weighted by Gasteiger charge is -2.42. The molecule has 33 heavy (non-hydrogen) atoms. The minimum atomic E-state index is -4.17. The van der Waals surface area contributed by atoms with Crippen LogP contribution in [0, 0.1) is 10.1 Å². The van der Waals surface area contributed by atoms with Gasteiger partial charge in [0.05, 0.1) is 27.9 Å². The summed E-state index contributed by atoms with van der Waals surface area (Å²) in [6.45, 7) is 2.65. The number of para-hydroxylation sites is 1. The van der Waals surface area contributed by atoms with Gasteiger partial charge in [0.25, 0.3) is 5.69 Å². The highest BCUT2D eigenvalue weighted by Crippen LogP contribution is 2.41. The summed E-state index contributed by atoms with van der Waals surface area (Å²) in [5, 5.41) is 11.4. The van der Waals surface area contributed by atoms with E-state index in [9.17, 15) is 36.7 Å². The van der Waals surface area contributed by atoms with E-state index in [4.69, 9.17) is 0 Å². The first-order chi connectivity index (χ1) is 15.4. The molecule has 15 heteroatoms. The van der Waals surface area contributed by atoms with E-state index in [0.29, 0.717) is 39.3 Å². The second kappa shape index (κ2) is 10.7. The predicted octanol–water partition coefficient (Wildman–Crippen LogP) is 1.72. The molecule has 0 spiro atoms. The Morgan fingerprint density at radius 3 is 1.73 bits per heavy atom. The molecule has 4 N–H and O–H groups in total. The van der Waals surface area contributed by atoms with Gasteiger partial charge in [-0.15, -0.1) is 0 Å². The minimum Gasteiger partial charge on any atom is -0.299 e. The van der Waals surface area contributed by atoms with Gasteiger partial charge < -0.3 is 0 Å². The average Bonchev–Trinajstić information content (AvgIpc) is 2.75. The molecule has 2 aliphatic rings. The standard InChI is InChI=1S/C18H32N4O8S3/c23-22(24)17-3-1-2-4-18(17)33(29,30)21(7-5-19-9-13-31(25,26)14-10-19)8-6-20-11-15-32(27,28)16-12-20/h1-4,25-28H,5-16H2. The second-order valence-electron chi connectivity index (χ2n) is 8.23. The van der Waals surface area contributed by atoms with E-state index in [1.165, 1.54) is 22.5 Å². The van der Waals surface area contributed by atoms with E-state index < -0.39 is 41.8 Å². The van der Waals surface area contributed by atoms with Crippen LogP contribution < -0.4 is 0 Å². The SMILES string of the molecule is O=[N+]([O-])c1ccccc1S(=O)(=O)N(CCN1CCS(O)(O)CC1)CCN1CCS(O)(O)CC1. The van der Waals surface area contributed by atoms with E-state index in [-0.39, 0.29) is 41.0 Å². The molecule has 3 rings (SSSR count). The number of rotatable bonds is 9. The van der Waals surface area contributed by atoms with Crippen LogP contribution in [0.5, 0.6) is 0 Å². The Hall–Kier alpha value is -1.01. The lowest BCUT2D eigenvalue weighted by atomic mass is 10.3. The molecule has 0 saturated carbocycles. The summed E-state index contributed by atoms with van der Waals surface area (Å²) in [5.74, 6) is 0.961. The monoisotopic (exact) mass is 528 g/mol. The molecule has 0 bridgehead atoms. The fourth-order valence-electron chi connectivity index (χ4n) is 3.80. The third kappa shape index (κ3) is 7.24. The summed E-state index contributed by atoms with van der Waals surface area (Å²) in [4.78, 5) is 14.3. The van der Waals surface area contributed by atoms with Crippen molar-refractivity contribution in [1.82, 2.24) is 14.1 Å². The van der Waals surface area contributed by atoms with Crippen LogP contribution >= 0.6 is 21.2 Å². The normalized spacial score (nSPS) is 23.8. The van der Waals surface area contributed by atoms with Gasteiger partial charge in [0.15, 0.2) is 4.90 Å². The molecular formula is C18H32N4O8S3. The molecule has 0 unspecified atom stereocenters. The predicted molar refractivity (Wildman–Crippen MR) is 130 cm³/mol. The number of sulfonamides is 1. The van der Waals surface area contributed by atoms with Crippen molar-refractivity contribution in [3.8, 4) is 0 Å². The van der Waals surface area contributed by atoms with Crippen LogP contribution in [0.1, 0.15) is 0 Å². The van der Waals surface area contributed by atoms with E-state index in [1.807, 2.05) is 9.80 Å². The molecule has 190 valence electrons. The largest absolute Gasteiger partial charge is 0.299 e. The fraction of sp³-hybridized carbons (Fsp3) is 0.667. The second-order valence-corrected chi connectivity index (χ2v) is 15.0. The Kier molecular flexibility index (Phi) is 8.64. The van der Waals surface area contributed by atoms with Gasteiger partial charge in [-0.1, -0.05) is 12.1 Å². The molecule has 0 amide bonds. The maximum absolute atomic E-state index is 13.4. The van der Waals surface area contributed by atoms with Gasteiger partial charge in [-0.25, -0.2) is 8.42 Å². The molecule has 1 aromatic rings. The van der Waals surface area contributed by atoms with Gasteiger partial charge in [0, 0.05) is 58.4 Å². The van der Waals surface area contributed by atoms with Gasteiger partial charge in [-0.05, 0) is 6.07 Å². The van der Waals surface area contributed by atoms with Crippen molar-refractivity contribution in [3.63, 3.8) is 0 Å². The van der Waals surface area contributed by atoms with Gasteiger partial charge in [-0.3, -0.25) is 38.1 Å². The van der Waals surface area contributed by atoms with Gasteiger partial charge in [-0.2, -0.15) is 25.5 Å². The molecule has 0 radical (unpaired) electrons. The average molecular weight is 529 g/mol. The summed E-state index contributed by atoms with van der Waals surface area (Å²) in [6, 6.07) is 5.26. The molecule has 0 atom stereocenters. The summed E-state index contributed by atoms with van der Waals surface area (Å²) in [7, 11) is -9.31. The Morgan fingerprint density at radius 2 is 1.30 bits per heavy atom. The number of nitrogens with zero attached hydrogens (tertiary/aromatic N) is 4. The van der Waals surface area contributed by atoms with Crippen molar-refractivity contribution < 1.29 is 31.6 Å². The lowest BCUT2D eigenvalue weighted by molar-refractivity contribution is -0.387. The molecule has 2 saturated heterocycles. The maximum atomic E-state index is 13.4. The van der Waals surface area contributed by atoms with Crippen molar-refractivity contribution in [2.75, 3.05) is 75.4 Å². The van der Waals surface area contributed by atoms with Crippen LogP contribution in [0.3, 0.4) is 0 Å². The lowest BCUT2D eigenvalue weighted by Crippen LogP contribution is -2.47. The molecule has 2 fully saturated rings. The fourth-order valence-corrected chi connectivity index (χ4v) is 7.99. The summed E-state index contributed by atoms with van der Waals surface area (Å²) >= 11 is 0. The van der Waals surface area contributed by atoms with Crippen molar-refractivity contribution in [1.29, 1.82) is 0 Å². The number of benzene rings is 1. The molecule has 2 aliphatic heterocycles. The number of nitro benzene ring substituents is 1. The first-order valence-electron chi connectivity index (χ1n) is 10.6. The number of hydrogen-bond acceptors (Lipinski definition) is 10. The van der Waals surface area contributed by atoms with Crippen molar-refractivity contribution in [3.05, 3.63) is 34.4 Å². The smallest absolute Gasteiger partial charge is 0.289 e. The van der Waals surface area contributed by atoms with E-state index in [2.05, 4.69) is 0 Å². The third-order valence-electron chi connectivity index (χ3n) is 5.95. The first kappa shape index (κ1) is 26.6. The van der Waals surface area contributed by atoms with Crippen LogP contribution in [-0.2, 0) is 10.0 Å². The van der Waals surface area contributed by atoms with Gasteiger partial charge >= 0.3 is 0 Å². The Morgan fingerprint density at radius 1 is 0.879 bits per heavy atom. The first-order valence-corrected chi connectivity index (χ1v) is 15.8. The Labute approximate surface area is 197 Å². The third-order valence-corrected chi connectivity index (χ3v) is 11.2. The highest BCUT2D eigenvalue weighted by Gasteiger charge is 2.33. The van der Waals surface area contributed by atoms with Crippen molar-refractivity contribution in [2.45, 2.75) is 4.90 Å². The van der Waals surface area contributed by atoms with Gasteiger partial charge in [0.2, 0.25) is 10.0 Å². The van der Waals surface area contributed by atoms with Crippen LogP contribution in [0.25, 0.3) is 0 Å². The summed E-state index contributed by atoms with van der Waals surface area (Å²) in [5.41, 5.74) is -0.485. The molecule has 0 aromatic heterocycles. The summed E-state index contributed by atoms with van der Waals surface area (Å²) < 4.78 is 67.3. The molecular weight excluding hydrogens is 496 g/mol. The molecule has 2 heterocycles. The van der Waals surface area contributed by atoms with Crippen LogP contribution in [0.15, 0.2) is 29.2 Å². The molecule has 12 nitrogen and oxygen atoms in total. The van der Waals surface area contributed by atoms with E-state index in [0.717, 1.165) is 6.07 Å². The van der Waals surface area contributed by atoms with Crippen LogP contribution in [-0.4, -0.2) is 121 Å². The van der Waals surface area contributed by atoms with E-state index in [1.54, 1.807) is 0 Å².